The zero-order valence-electron chi connectivity index (χ0n) is 11.7. The monoisotopic (exact) mass is 355 g/mol. The van der Waals surface area contributed by atoms with Crippen LogP contribution in [0.1, 0.15) is 10.4 Å². The van der Waals surface area contributed by atoms with Gasteiger partial charge < -0.3 is 9.47 Å². The molecular formula is C15H11Cl2NO5. The van der Waals surface area contributed by atoms with Crippen molar-refractivity contribution in [3.05, 3.63) is 68.2 Å². The molecule has 0 unspecified atom stereocenters. The highest BCUT2D eigenvalue weighted by Gasteiger charge is 2.20. The first-order valence-electron chi connectivity index (χ1n) is 6.48. The van der Waals surface area contributed by atoms with Gasteiger partial charge in [0.25, 0.3) is 5.69 Å². The lowest BCUT2D eigenvalue weighted by Crippen LogP contribution is -2.13. The van der Waals surface area contributed by atoms with Gasteiger partial charge in [0.1, 0.15) is 18.8 Å². The number of hydrogen-bond donors (Lipinski definition) is 0. The van der Waals surface area contributed by atoms with E-state index in [0.717, 1.165) is 0 Å². The Morgan fingerprint density at radius 1 is 1.04 bits per heavy atom. The molecule has 2 aromatic rings. The van der Waals surface area contributed by atoms with E-state index < -0.39 is 10.9 Å². The molecule has 2 rings (SSSR count). The fraction of sp³-hybridized carbons (Fsp3) is 0.133. The minimum absolute atomic E-state index is 0.00975. The van der Waals surface area contributed by atoms with Crippen molar-refractivity contribution in [2.24, 2.45) is 0 Å². The van der Waals surface area contributed by atoms with Crippen LogP contribution in [-0.2, 0) is 4.74 Å². The van der Waals surface area contributed by atoms with Crippen LogP contribution in [0.25, 0.3) is 0 Å². The topological polar surface area (TPSA) is 78.7 Å². The Hall–Kier alpha value is -2.31. The van der Waals surface area contributed by atoms with E-state index >= 15 is 0 Å². The van der Waals surface area contributed by atoms with Crippen LogP contribution in [0.2, 0.25) is 10.0 Å². The van der Waals surface area contributed by atoms with E-state index in [4.69, 9.17) is 32.7 Å². The molecule has 120 valence electrons. The first kappa shape index (κ1) is 17.1. The minimum atomic E-state index is -0.800. The Morgan fingerprint density at radius 3 is 2.35 bits per heavy atom. The molecule has 2 aromatic carbocycles. The second-order valence-corrected chi connectivity index (χ2v) is 5.12. The van der Waals surface area contributed by atoms with Crippen molar-refractivity contribution in [1.82, 2.24) is 0 Å². The van der Waals surface area contributed by atoms with Crippen molar-refractivity contribution < 1.29 is 19.2 Å². The van der Waals surface area contributed by atoms with Crippen LogP contribution in [-0.4, -0.2) is 24.1 Å². The van der Waals surface area contributed by atoms with Gasteiger partial charge in [0.05, 0.1) is 15.0 Å². The second kappa shape index (κ2) is 7.80. The standard InChI is InChI=1S/C15H11Cl2NO5/c16-11-5-3-6-12(17)14(11)22-8-9-23-15(19)10-4-1-2-7-13(10)18(20)21/h1-7H,8-9H2. The van der Waals surface area contributed by atoms with E-state index in [-0.39, 0.29) is 30.2 Å². The predicted octanol–water partition coefficient (Wildman–Crippen LogP) is 4.14. The highest BCUT2D eigenvalue weighted by Crippen LogP contribution is 2.32. The number of nitrogens with zero attached hydrogens (tertiary/aromatic N) is 1. The highest BCUT2D eigenvalue weighted by atomic mass is 35.5. The van der Waals surface area contributed by atoms with E-state index in [1.807, 2.05) is 0 Å². The molecular weight excluding hydrogens is 345 g/mol. The Labute approximate surface area is 141 Å². The van der Waals surface area contributed by atoms with Gasteiger partial charge in [-0.05, 0) is 18.2 Å². The first-order valence-corrected chi connectivity index (χ1v) is 7.23. The van der Waals surface area contributed by atoms with E-state index in [9.17, 15) is 14.9 Å². The number of nitro groups is 1. The Bertz CT molecular complexity index is 715. The number of halogens is 2. The molecule has 0 N–H and O–H groups in total. The average Bonchev–Trinajstić information content (AvgIpc) is 2.53. The molecule has 0 aromatic heterocycles. The summed E-state index contributed by atoms with van der Waals surface area (Å²) >= 11 is 11.9. The van der Waals surface area contributed by atoms with Crippen LogP contribution >= 0.6 is 23.2 Å². The van der Waals surface area contributed by atoms with Crippen molar-refractivity contribution >= 4 is 34.9 Å². The van der Waals surface area contributed by atoms with Gasteiger partial charge in [0.15, 0.2) is 5.75 Å². The Balaban J connectivity index is 1.92. The summed E-state index contributed by atoms with van der Waals surface area (Å²) in [5.41, 5.74) is -0.430. The average molecular weight is 356 g/mol. The summed E-state index contributed by atoms with van der Waals surface area (Å²) in [6, 6.07) is 10.4. The summed E-state index contributed by atoms with van der Waals surface area (Å²) in [5, 5.41) is 11.5. The van der Waals surface area contributed by atoms with Crippen LogP contribution < -0.4 is 4.74 Å². The molecule has 0 aliphatic carbocycles. The highest BCUT2D eigenvalue weighted by molar-refractivity contribution is 6.37. The summed E-state index contributed by atoms with van der Waals surface area (Å²) in [4.78, 5) is 22.1. The molecule has 0 fully saturated rings. The number of esters is 1. The molecule has 8 heteroatoms. The van der Waals surface area contributed by atoms with Gasteiger partial charge in [-0.3, -0.25) is 10.1 Å². The number of carbonyl (C=O) groups excluding carboxylic acids is 1. The maximum Gasteiger partial charge on any atom is 0.345 e. The number of para-hydroxylation sites is 2. The lowest BCUT2D eigenvalue weighted by Gasteiger charge is -2.10. The quantitative estimate of drug-likeness (QED) is 0.336. The number of nitro benzene ring substituents is 1. The lowest BCUT2D eigenvalue weighted by atomic mass is 10.2. The fourth-order valence-electron chi connectivity index (χ4n) is 1.78. The van der Waals surface area contributed by atoms with Gasteiger partial charge >= 0.3 is 5.97 Å². The molecule has 23 heavy (non-hydrogen) atoms. The van der Waals surface area contributed by atoms with Gasteiger partial charge in [-0.2, -0.15) is 0 Å². The number of benzene rings is 2. The normalized spacial score (nSPS) is 10.2. The molecule has 6 nitrogen and oxygen atoms in total. The molecule has 0 amide bonds. The van der Waals surface area contributed by atoms with E-state index in [0.29, 0.717) is 10.0 Å². The predicted molar refractivity (Wildman–Crippen MR) is 85.3 cm³/mol. The number of carbonyl (C=O) groups is 1. The molecule has 0 aliphatic rings. The third-order valence-corrected chi connectivity index (χ3v) is 3.40. The molecule has 0 bridgehead atoms. The summed E-state index contributed by atoms with van der Waals surface area (Å²) in [6.45, 7) is -0.0950. The molecule has 0 heterocycles. The van der Waals surface area contributed by atoms with Crippen molar-refractivity contribution in [1.29, 1.82) is 0 Å². The number of hydrogen-bond acceptors (Lipinski definition) is 5. The molecule has 0 atom stereocenters. The number of ether oxygens (including phenoxy) is 2. The van der Waals surface area contributed by atoms with Crippen LogP contribution in [0.5, 0.6) is 5.75 Å². The zero-order chi connectivity index (χ0) is 16.8. The lowest BCUT2D eigenvalue weighted by molar-refractivity contribution is -0.385. The summed E-state index contributed by atoms with van der Waals surface area (Å²) < 4.78 is 10.3. The molecule has 0 saturated heterocycles. The van der Waals surface area contributed by atoms with Crippen molar-refractivity contribution in [3.63, 3.8) is 0 Å². The van der Waals surface area contributed by atoms with Gasteiger partial charge in [0, 0.05) is 6.07 Å². The van der Waals surface area contributed by atoms with Crippen LogP contribution in [0, 0.1) is 10.1 Å². The Kier molecular flexibility index (Phi) is 5.78. The van der Waals surface area contributed by atoms with Gasteiger partial charge in [-0.15, -0.1) is 0 Å². The van der Waals surface area contributed by atoms with Crippen LogP contribution in [0.15, 0.2) is 42.5 Å². The summed E-state index contributed by atoms with van der Waals surface area (Å²) in [5.74, 6) is -0.510. The maximum absolute atomic E-state index is 11.9. The van der Waals surface area contributed by atoms with Gasteiger partial charge in [0.2, 0.25) is 0 Å². The third kappa shape index (κ3) is 4.34. The SMILES string of the molecule is O=C(OCCOc1c(Cl)cccc1Cl)c1ccccc1[N+](=O)[O-]. The smallest absolute Gasteiger partial charge is 0.345 e. The van der Waals surface area contributed by atoms with Crippen molar-refractivity contribution in [3.8, 4) is 5.75 Å². The van der Waals surface area contributed by atoms with Crippen molar-refractivity contribution in [2.45, 2.75) is 0 Å². The first-order chi connectivity index (χ1) is 11.0. The van der Waals surface area contributed by atoms with Gasteiger partial charge in [-0.1, -0.05) is 41.4 Å². The molecule has 0 aliphatic heterocycles. The Morgan fingerprint density at radius 2 is 1.70 bits per heavy atom. The molecule has 0 spiro atoms. The van der Waals surface area contributed by atoms with E-state index in [2.05, 4.69) is 0 Å². The summed E-state index contributed by atoms with van der Waals surface area (Å²) in [6.07, 6.45) is 0. The second-order valence-electron chi connectivity index (χ2n) is 4.31. The fourth-order valence-corrected chi connectivity index (χ4v) is 2.29. The zero-order valence-corrected chi connectivity index (χ0v) is 13.2. The molecule has 0 saturated carbocycles. The van der Waals surface area contributed by atoms with E-state index in [1.165, 1.54) is 24.3 Å². The summed E-state index contributed by atoms with van der Waals surface area (Å²) in [7, 11) is 0. The minimum Gasteiger partial charge on any atom is -0.487 e. The van der Waals surface area contributed by atoms with E-state index in [1.54, 1.807) is 18.2 Å². The largest absolute Gasteiger partial charge is 0.487 e. The van der Waals surface area contributed by atoms with Gasteiger partial charge in [-0.25, -0.2) is 4.79 Å². The third-order valence-electron chi connectivity index (χ3n) is 2.80. The van der Waals surface area contributed by atoms with Crippen LogP contribution in [0.3, 0.4) is 0 Å². The number of rotatable bonds is 6. The van der Waals surface area contributed by atoms with Crippen LogP contribution in [0.4, 0.5) is 5.69 Å². The molecule has 0 radical (unpaired) electrons. The maximum atomic E-state index is 11.9. The van der Waals surface area contributed by atoms with Crippen molar-refractivity contribution in [2.75, 3.05) is 13.2 Å².